The monoisotopic (exact) mass is 381 g/mol. The third-order valence-corrected chi connectivity index (χ3v) is 5.93. The topological polar surface area (TPSA) is 87.7 Å². The molecule has 1 N–H and O–H groups in total. The normalized spacial score (nSPS) is 19.0. The minimum atomic E-state index is 0.0601. The molecule has 0 radical (unpaired) electrons. The molecule has 3 rings (SSSR count). The Hall–Kier alpha value is -1.74. The lowest BCUT2D eigenvalue weighted by Crippen LogP contribution is -2.41. The molecule has 2 saturated heterocycles. The van der Waals surface area contributed by atoms with Crippen LogP contribution in [-0.4, -0.2) is 61.9 Å². The zero-order chi connectivity index (χ0) is 18.4. The van der Waals surface area contributed by atoms with Crippen molar-refractivity contribution < 1.29 is 14.3 Å². The molecule has 0 unspecified atom stereocenters. The molecule has 0 saturated carbocycles. The number of hydrogen-bond donors (Lipinski definition) is 1. The Balaban J connectivity index is 1.47. The molecule has 2 fully saturated rings. The first-order valence-corrected chi connectivity index (χ1v) is 10.2. The first-order valence-electron chi connectivity index (χ1n) is 9.34. The van der Waals surface area contributed by atoms with Crippen molar-refractivity contribution in [2.24, 2.45) is 5.92 Å². The third kappa shape index (κ3) is 4.70. The molecule has 2 amide bonds. The smallest absolute Gasteiger partial charge is 0.228 e. The maximum Gasteiger partial charge on any atom is 0.228 e. The highest BCUT2D eigenvalue weighted by Crippen LogP contribution is 2.31. The van der Waals surface area contributed by atoms with Gasteiger partial charge in [0.1, 0.15) is 0 Å². The largest absolute Gasteiger partial charge is 0.385 e. The van der Waals surface area contributed by atoms with Gasteiger partial charge in [0.05, 0.1) is 0 Å². The molecule has 0 aromatic carbocycles. The highest BCUT2D eigenvalue weighted by atomic mass is 32.1. The van der Waals surface area contributed by atoms with Crippen molar-refractivity contribution in [1.29, 1.82) is 0 Å². The summed E-state index contributed by atoms with van der Waals surface area (Å²) in [5, 5.41) is 13.0. The van der Waals surface area contributed by atoms with Crippen LogP contribution in [0.2, 0.25) is 0 Å². The standard InChI is InChI=1S/C17H27N5O3S/c1-25-12-4-8-18-15(24)13-6-10-21(11-7-13)16-19-20-17(26-16)22-9-3-2-5-14(22)23/h13H,2-12H2,1H3,(H,18,24). The van der Waals surface area contributed by atoms with Gasteiger partial charge in [0, 0.05) is 52.2 Å². The number of methoxy groups -OCH3 is 1. The minimum absolute atomic E-state index is 0.0601. The van der Waals surface area contributed by atoms with E-state index in [2.05, 4.69) is 20.4 Å². The summed E-state index contributed by atoms with van der Waals surface area (Å²) >= 11 is 1.47. The number of amides is 2. The second-order valence-corrected chi connectivity index (χ2v) is 7.70. The first-order chi connectivity index (χ1) is 12.7. The third-order valence-electron chi connectivity index (χ3n) is 4.92. The summed E-state index contributed by atoms with van der Waals surface area (Å²) in [6, 6.07) is 0. The maximum atomic E-state index is 12.2. The van der Waals surface area contributed by atoms with Crippen LogP contribution >= 0.6 is 11.3 Å². The predicted octanol–water partition coefficient (Wildman–Crippen LogP) is 1.42. The van der Waals surface area contributed by atoms with Crippen LogP contribution in [0.3, 0.4) is 0 Å². The molecule has 1 aromatic heterocycles. The lowest BCUT2D eigenvalue weighted by molar-refractivity contribution is -0.125. The van der Waals surface area contributed by atoms with Gasteiger partial charge in [0.15, 0.2) is 0 Å². The van der Waals surface area contributed by atoms with Gasteiger partial charge in [-0.15, -0.1) is 10.2 Å². The Morgan fingerprint density at radius 1 is 1.23 bits per heavy atom. The van der Waals surface area contributed by atoms with E-state index in [9.17, 15) is 9.59 Å². The molecule has 3 heterocycles. The first kappa shape index (κ1) is 19.0. The molecule has 0 spiro atoms. The second-order valence-electron chi connectivity index (χ2n) is 6.77. The number of carbonyl (C=O) groups excluding carboxylic acids is 2. The van der Waals surface area contributed by atoms with Gasteiger partial charge in [-0.05, 0) is 32.1 Å². The average Bonchev–Trinajstić information content (AvgIpc) is 3.15. The quantitative estimate of drug-likeness (QED) is 0.719. The van der Waals surface area contributed by atoms with E-state index in [1.54, 1.807) is 12.0 Å². The van der Waals surface area contributed by atoms with Gasteiger partial charge in [-0.1, -0.05) is 11.3 Å². The summed E-state index contributed by atoms with van der Waals surface area (Å²) in [7, 11) is 1.66. The van der Waals surface area contributed by atoms with Gasteiger partial charge in [0.25, 0.3) is 0 Å². The highest BCUT2D eigenvalue weighted by molar-refractivity contribution is 7.19. The number of nitrogens with one attached hydrogen (secondary N) is 1. The van der Waals surface area contributed by atoms with Crippen LogP contribution in [0.1, 0.15) is 38.5 Å². The van der Waals surface area contributed by atoms with Gasteiger partial charge < -0.3 is 15.0 Å². The number of piperidine rings is 2. The second kappa shape index (κ2) is 9.27. The summed E-state index contributed by atoms with van der Waals surface area (Å²) in [6.45, 7) is 3.64. The van der Waals surface area contributed by atoms with E-state index in [-0.39, 0.29) is 17.7 Å². The number of aromatic nitrogens is 2. The van der Waals surface area contributed by atoms with E-state index >= 15 is 0 Å². The number of carbonyl (C=O) groups is 2. The lowest BCUT2D eigenvalue weighted by atomic mass is 9.96. The number of hydrogen-bond acceptors (Lipinski definition) is 7. The van der Waals surface area contributed by atoms with Crippen LogP contribution in [-0.2, 0) is 14.3 Å². The number of rotatable bonds is 7. The van der Waals surface area contributed by atoms with Crippen LogP contribution in [0.15, 0.2) is 0 Å². The average molecular weight is 382 g/mol. The van der Waals surface area contributed by atoms with Crippen molar-refractivity contribution in [1.82, 2.24) is 15.5 Å². The fourth-order valence-corrected chi connectivity index (χ4v) is 4.30. The molecule has 144 valence electrons. The molecule has 2 aliphatic rings. The molecule has 2 aliphatic heterocycles. The highest BCUT2D eigenvalue weighted by Gasteiger charge is 2.28. The fourth-order valence-electron chi connectivity index (χ4n) is 3.36. The van der Waals surface area contributed by atoms with E-state index < -0.39 is 0 Å². The summed E-state index contributed by atoms with van der Waals surface area (Å²) < 4.78 is 4.99. The molecule has 26 heavy (non-hydrogen) atoms. The number of nitrogens with zero attached hydrogens (tertiary/aromatic N) is 4. The summed E-state index contributed by atoms with van der Waals surface area (Å²) in [4.78, 5) is 28.2. The van der Waals surface area contributed by atoms with Crippen molar-refractivity contribution in [2.75, 3.05) is 49.7 Å². The van der Waals surface area contributed by atoms with E-state index in [0.717, 1.165) is 56.9 Å². The van der Waals surface area contributed by atoms with Crippen molar-refractivity contribution >= 4 is 33.4 Å². The number of ether oxygens (including phenoxy) is 1. The predicted molar refractivity (Wildman–Crippen MR) is 101 cm³/mol. The Bertz CT molecular complexity index is 615. The van der Waals surface area contributed by atoms with Crippen molar-refractivity contribution in [3.05, 3.63) is 0 Å². The molecular formula is C17H27N5O3S. The number of anilines is 2. The van der Waals surface area contributed by atoms with Gasteiger partial charge in [-0.3, -0.25) is 14.5 Å². The van der Waals surface area contributed by atoms with Crippen molar-refractivity contribution in [3.8, 4) is 0 Å². The molecule has 0 aliphatic carbocycles. The molecule has 8 nitrogen and oxygen atoms in total. The zero-order valence-corrected chi connectivity index (χ0v) is 16.1. The van der Waals surface area contributed by atoms with Crippen LogP contribution in [0, 0.1) is 5.92 Å². The Labute approximate surface area is 157 Å². The van der Waals surface area contributed by atoms with Crippen LogP contribution in [0.5, 0.6) is 0 Å². The van der Waals surface area contributed by atoms with E-state index in [4.69, 9.17) is 4.74 Å². The Morgan fingerprint density at radius 3 is 2.73 bits per heavy atom. The minimum Gasteiger partial charge on any atom is -0.385 e. The van der Waals surface area contributed by atoms with E-state index in [0.29, 0.717) is 24.7 Å². The van der Waals surface area contributed by atoms with Crippen molar-refractivity contribution in [2.45, 2.75) is 38.5 Å². The fraction of sp³-hybridized carbons (Fsp3) is 0.765. The molecule has 9 heteroatoms. The molecule has 0 bridgehead atoms. The van der Waals surface area contributed by atoms with Crippen molar-refractivity contribution in [3.63, 3.8) is 0 Å². The van der Waals surface area contributed by atoms with Gasteiger partial charge in [0.2, 0.25) is 22.1 Å². The SMILES string of the molecule is COCCCNC(=O)C1CCN(c2nnc(N3CCCCC3=O)s2)CC1. The van der Waals surface area contributed by atoms with Gasteiger partial charge in [-0.25, -0.2) is 0 Å². The zero-order valence-electron chi connectivity index (χ0n) is 15.3. The Kier molecular flexibility index (Phi) is 6.79. The summed E-state index contributed by atoms with van der Waals surface area (Å²) in [6.07, 6.45) is 5.04. The van der Waals surface area contributed by atoms with E-state index in [1.807, 2.05) is 0 Å². The van der Waals surface area contributed by atoms with Crippen LogP contribution in [0.4, 0.5) is 10.3 Å². The summed E-state index contributed by atoms with van der Waals surface area (Å²) in [5.41, 5.74) is 0. The lowest BCUT2D eigenvalue weighted by Gasteiger charge is -2.30. The summed E-state index contributed by atoms with van der Waals surface area (Å²) in [5.74, 6) is 0.338. The molecule has 0 atom stereocenters. The van der Waals surface area contributed by atoms with Gasteiger partial charge >= 0.3 is 0 Å². The van der Waals surface area contributed by atoms with Crippen LogP contribution < -0.4 is 15.1 Å². The van der Waals surface area contributed by atoms with Gasteiger partial charge in [-0.2, -0.15) is 0 Å². The molecular weight excluding hydrogens is 354 g/mol. The Morgan fingerprint density at radius 2 is 2.00 bits per heavy atom. The van der Waals surface area contributed by atoms with E-state index in [1.165, 1.54) is 11.3 Å². The maximum absolute atomic E-state index is 12.2. The molecule has 1 aromatic rings. The van der Waals surface area contributed by atoms with Crippen LogP contribution in [0.25, 0.3) is 0 Å².